The van der Waals surface area contributed by atoms with Crippen molar-refractivity contribution in [2.75, 3.05) is 6.54 Å². The van der Waals surface area contributed by atoms with Gasteiger partial charge in [-0.25, -0.2) is 0 Å². The Morgan fingerprint density at radius 3 is 2.53 bits per heavy atom. The molecule has 0 radical (unpaired) electrons. The molecular formula is C10H10Cl3NO3. The largest absolute Gasteiger partial charge is 0.505 e. The highest BCUT2D eigenvalue weighted by Gasteiger charge is 2.21. The van der Waals surface area contributed by atoms with E-state index in [9.17, 15) is 9.90 Å². The summed E-state index contributed by atoms with van der Waals surface area (Å²) >= 11 is 17.2. The number of hydrogen-bond acceptors (Lipinski definition) is 3. The van der Waals surface area contributed by atoms with Gasteiger partial charge in [-0.3, -0.25) is 4.79 Å². The van der Waals surface area contributed by atoms with Crippen LogP contribution >= 0.6 is 34.8 Å². The summed E-state index contributed by atoms with van der Waals surface area (Å²) in [7, 11) is 0. The lowest BCUT2D eigenvalue weighted by molar-refractivity contribution is 0.0921. The number of carbonyl (C=O) groups excluding carboxylic acids is 1. The van der Waals surface area contributed by atoms with Crippen LogP contribution in [-0.2, 0) is 0 Å². The summed E-state index contributed by atoms with van der Waals surface area (Å²) in [5.41, 5.74) is -0.204. The molecule has 3 N–H and O–H groups in total. The van der Waals surface area contributed by atoms with Crippen LogP contribution in [-0.4, -0.2) is 28.8 Å². The highest BCUT2D eigenvalue weighted by atomic mass is 35.5. The number of halogens is 3. The molecule has 17 heavy (non-hydrogen) atoms. The zero-order valence-electron chi connectivity index (χ0n) is 8.80. The summed E-state index contributed by atoms with van der Waals surface area (Å²) < 4.78 is 0. The average molecular weight is 299 g/mol. The highest BCUT2D eigenvalue weighted by molar-refractivity contribution is 6.45. The summed E-state index contributed by atoms with van der Waals surface area (Å²) in [5, 5.41) is 21.0. The van der Waals surface area contributed by atoms with Crippen molar-refractivity contribution in [3.05, 3.63) is 26.7 Å². The molecule has 0 aliphatic heterocycles. The zero-order chi connectivity index (χ0) is 13.2. The second-order valence-corrected chi connectivity index (χ2v) is 4.63. The van der Waals surface area contributed by atoms with Gasteiger partial charge in [0.05, 0.1) is 21.2 Å². The van der Waals surface area contributed by atoms with Crippen molar-refractivity contribution in [2.24, 2.45) is 0 Å². The van der Waals surface area contributed by atoms with E-state index in [0.29, 0.717) is 0 Å². The van der Waals surface area contributed by atoms with Gasteiger partial charge in [0.1, 0.15) is 11.3 Å². The number of benzene rings is 1. The molecule has 0 aromatic heterocycles. The van der Waals surface area contributed by atoms with Gasteiger partial charge in [0, 0.05) is 6.54 Å². The fourth-order valence-electron chi connectivity index (χ4n) is 1.12. The van der Waals surface area contributed by atoms with Crippen LogP contribution in [0.3, 0.4) is 0 Å². The van der Waals surface area contributed by atoms with Crippen LogP contribution in [0.25, 0.3) is 0 Å². The first-order chi connectivity index (χ1) is 7.84. The predicted molar refractivity (Wildman–Crippen MR) is 67.2 cm³/mol. The van der Waals surface area contributed by atoms with Gasteiger partial charge >= 0.3 is 0 Å². The molecule has 94 valence electrons. The number of nitrogens with one attached hydrogen (secondary N) is 1. The van der Waals surface area contributed by atoms with Gasteiger partial charge in [0.2, 0.25) is 0 Å². The van der Waals surface area contributed by atoms with Gasteiger partial charge in [-0.05, 0) is 13.0 Å². The van der Waals surface area contributed by atoms with Crippen LogP contribution in [0.4, 0.5) is 0 Å². The van der Waals surface area contributed by atoms with Crippen molar-refractivity contribution < 1.29 is 15.0 Å². The van der Waals surface area contributed by atoms with E-state index in [1.54, 1.807) is 0 Å². The van der Waals surface area contributed by atoms with E-state index in [4.69, 9.17) is 39.9 Å². The molecule has 1 atom stereocenters. The smallest absolute Gasteiger partial charge is 0.256 e. The molecule has 0 saturated heterocycles. The SMILES string of the molecule is CC(O)CNC(=O)c1c(O)c(Cl)cc(Cl)c1Cl. The fourth-order valence-corrected chi connectivity index (χ4v) is 1.81. The minimum absolute atomic E-state index is 0.0265. The van der Waals surface area contributed by atoms with Gasteiger partial charge in [0.25, 0.3) is 5.91 Å². The lowest BCUT2D eigenvalue weighted by atomic mass is 10.2. The Labute approximate surface area is 113 Å². The van der Waals surface area contributed by atoms with Gasteiger partial charge in [-0.2, -0.15) is 0 Å². The Balaban J connectivity index is 3.08. The molecule has 0 heterocycles. The first-order valence-corrected chi connectivity index (χ1v) is 5.80. The normalized spacial score (nSPS) is 12.3. The number of rotatable bonds is 3. The Bertz CT molecular complexity index is 423. The third-order valence-corrected chi connectivity index (χ3v) is 3.01. The predicted octanol–water partition coefficient (Wildman–Crippen LogP) is 2.46. The summed E-state index contributed by atoms with van der Waals surface area (Å²) in [6.45, 7) is 1.53. The van der Waals surface area contributed by atoms with E-state index in [1.165, 1.54) is 13.0 Å². The standard InChI is InChI=1S/C10H10Cl3NO3/c1-4(15)3-14-10(17)7-8(13)5(11)2-6(12)9(7)16/h2,4,15-16H,3H2,1H3,(H,14,17). The number of aromatic hydroxyl groups is 1. The Hall–Kier alpha value is -0.680. The van der Waals surface area contributed by atoms with Crippen LogP contribution < -0.4 is 5.32 Å². The second kappa shape index (κ2) is 5.78. The average Bonchev–Trinajstić information content (AvgIpc) is 2.24. The molecule has 0 aliphatic carbocycles. The fraction of sp³-hybridized carbons (Fsp3) is 0.300. The Morgan fingerprint density at radius 1 is 1.41 bits per heavy atom. The highest BCUT2D eigenvalue weighted by Crippen LogP contribution is 2.38. The number of aliphatic hydroxyl groups excluding tert-OH is 1. The van der Waals surface area contributed by atoms with Crippen molar-refractivity contribution in [3.8, 4) is 5.75 Å². The lowest BCUT2D eigenvalue weighted by Crippen LogP contribution is -2.30. The minimum Gasteiger partial charge on any atom is -0.505 e. The maximum Gasteiger partial charge on any atom is 0.256 e. The third-order valence-electron chi connectivity index (χ3n) is 1.93. The van der Waals surface area contributed by atoms with E-state index < -0.39 is 17.8 Å². The monoisotopic (exact) mass is 297 g/mol. The summed E-state index contributed by atoms with van der Waals surface area (Å²) in [6, 6.07) is 1.24. The van der Waals surface area contributed by atoms with Gasteiger partial charge in [-0.15, -0.1) is 0 Å². The lowest BCUT2D eigenvalue weighted by Gasteiger charge is -2.11. The number of phenols is 1. The summed E-state index contributed by atoms with van der Waals surface area (Å²) in [5.74, 6) is -1.10. The molecule has 4 nitrogen and oxygen atoms in total. The van der Waals surface area contributed by atoms with Crippen LogP contribution in [0.5, 0.6) is 5.75 Å². The van der Waals surface area contributed by atoms with Crippen molar-refractivity contribution in [1.82, 2.24) is 5.32 Å². The molecule has 1 aromatic rings. The Kier molecular flexibility index (Phi) is 4.89. The Morgan fingerprint density at radius 2 is 2.00 bits per heavy atom. The third kappa shape index (κ3) is 3.39. The molecule has 1 aromatic carbocycles. The van der Waals surface area contributed by atoms with Crippen LogP contribution in [0, 0.1) is 0 Å². The van der Waals surface area contributed by atoms with Crippen LogP contribution in [0.1, 0.15) is 17.3 Å². The van der Waals surface area contributed by atoms with Crippen molar-refractivity contribution in [3.63, 3.8) is 0 Å². The summed E-state index contributed by atoms with van der Waals surface area (Å²) in [4.78, 5) is 11.7. The van der Waals surface area contributed by atoms with E-state index in [1.807, 2.05) is 0 Å². The van der Waals surface area contributed by atoms with E-state index in [2.05, 4.69) is 5.32 Å². The number of hydrogen-bond donors (Lipinski definition) is 3. The van der Waals surface area contributed by atoms with E-state index >= 15 is 0 Å². The molecule has 0 fully saturated rings. The van der Waals surface area contributed by atoms with Crippen molar-refractivity contribution in [2.45, 2.75) is 13.0 Å². The molecule has 1 rings (SSSR count). The number of aliphatic hydroxyl groups is 1. The minimum atomic E-state index is -0.713. The second-order valence-electron chi connectivity index (χ2n) is 3.44. The summed E-state index contributed by atoms with van der Waals surface area (Å²) in [6.07, 6.45) is -0.713. The topological polar surface area (TPSA) is 69.6 Å². The van der Waals surface area contributed by atoms with Crippen molar-refractivity contribution >= 4 is 40.7 Å². The number of carbonyl (C=O) groups is 1. The number of amides is 1. The van der Waals surface area contributed by atoms with Gasteiger partial charge in [0.15, 0.2) is 0 Å². The first-order valence-electron chi connectivity index (χ1n) is 4.67. The van der Waals surface area contributed by atoms with Gasteiger partial charge < -0.3 is 15.5 Å². The van der Waals surface area contributed by atoms with Crippen LogP contribution in [0.2, 0.25) is 15.1 Å². The molecule has 0 spiro atoms. The molecule has 0 aliphatic rings. The van der Waals surface area contributed by atoms with Gasteiger partial charge in [-0.1, -0.05) is 34.8 Å². The van der Waals surface area contributed by atoms with E-state index in [-0.39, 0.29) is 27.2 Å². The molecule has 0 saturated carbocycles. The maximum atomic E-state index is 11.7. The quantitative estimate of drug-likeness (QED) is 0.751. The molecule has 1 amide bonds. The molecular weight excluding hydrogens is 288 g/mol. The molecule has 7 heteroatoms. The van der Waals surface area contributed by atoms with E-state index in [0.717, 1.165) is 0 Å². The molecule has 0 bridgehead atoms. The molecule has 1 unspecified atom stereocenters. The first kappa shape index (κ1) is 14.4. The van der Waals surface area contributed by atoms with Crippen molar-refractivity contribution in [1.29, 1.82) is 0 Å². The number of phenolic OH excluding ortho intramolecular Hbond substituents is 1. The van der Waals surface area contributed by atoms with Crippen LogP contribution in [0.15, 0.2) is 6.07 Å². The zero-order valence-corrected chi connectivity index (χ0v) is 11.1. The maximum absolute atomic E-state index is 11.7.